The summed E-state index contributed by atoms with van der Waals surface area (Å²) in [5.41, 5.74) is 0. The van der Waals surface area contributed by atoms with E-state index in [9.17, 15) is 8.42 Å². The van der Waals surface area contributed by atoms with Crippen molar-refractivity contribution < 1.29 is 8.42 Å². The highest BCUT2D eigenvalue weighted by Gasteiger charge is 2.28. The molecule has 1 saturated heterocycles. The highest BCUT2D eigenvalue weighted by molar-refractivity contribution is 7.89. The Kier molecular flexibility index (Phi) is 5.18. The first kappa shape index (κ1) is 16.2. The van der Waals surface area contributed by atoms with Gasteiger partial charge in [0.25, 0.3) is 0 Å². The smallest absolute Gasteiger partial charge is 0.243 e. The molecule has 1 aliphatic rings. The quantitative estimate of drug-likeness (QED) is 0.856. The molecule has 2 rings (SSSR count). The summed E-state index contributed by atoms with van der Waals surface area (Å²) >= 11 is 0. The molecule has 7 heteroatoms. The molecule has 0 aromatic carbocycles. The Hall–Kier alpha value is -1.18. The van der Waals surface area contributed by atoms with Crippen LogP contribution in [0.5, 0.6) is 0 Å². The number of hydrogen-bond donors (Lipinski definition) is 1. The monoisotopic (exact) mass is 312 g/mol. The molecule has 1 N–H and O–H groups in total. The van der Waals surface area contributed by atoms with E-state index in [1.165, 1.54) is 10.5 Å². The standard InChI is InChI=1S/C14H24N4O2S/c1-4-15-14-10-13(7-8-16-14)21(19,20)18(3)11-12-6-5-9-17(12)2/h7-8,10,12H,4-6,9,11H2,1-3H3,(H,15,16). The summed E-state index contributed by atoms with van der Waals surface area (Å²) in [4.78, 5) is 6.63. The molecule has 0 bridgehead atoms. The van der Waals surface area contributed by atoms with E-state index >= 15 is 0 Å². The molecule has 0 amide bonds. The van der Waals surface area contributed by atoms with E-state index in [2.05, 4.69) is 15.2 Å². The van der Waals surface area contributed by atoms with Gasteiger partial charge in [0.1, 0.15) is 5.82 Å². The molecule has 1 unspecified atom stereocenters. The van der Waals surface area contributed by atoms with Crippen LogP contribution in [0.15, 0.2) is 23.2 Å². The second-order valence-electron chi connectivity index (χ2n) is 5.47. The number of hydrogen-bond acceptors (Lipinski definition) is 5. The van der Waals surface area contributed by atoms with Crippen molar-refractivity contribution in [2.45, 2.75) is 30.7 Å². The fourth-order valence-electron chi connectivity index (χ4n) is 2.63. The van der Waals surface area contributed by atoms with Gasteiger partial charge in [-0.25, -0.2) is 13.4 Å². The van der Waals surface area contributed by atoms with Crippen LogP contribution in [0.2, 0.25) is 0 Å². The van der Waals surface area contributed by atoms with Gasteiger partial charge in [-0.2, -0.15) is 4.31 Å². The SMILES string of the molecule is CCNc1cc(S(=O)(=O)N(C)CC2CCCN2C)ccn1. The highest BCUT2D eigenvalue weighted by Crippen LogP contribution is 2.21. The lowest BCUT2D eigenvalue weighted by Gasteiger charge is -2.25. The van der Waals surface area contributed by atoms with Crippen LogP contribution in [0.3, 0.4) is 0 Å². The molecule has 1 aromatic rings. The number of likely N-dealkylation sites (tertiary alicyclic amines) is 1. The van der Waals surface area contributed by atoms with Gasteiger partial charge in [0.15, 0.2) is 0 Å². The zero-order valence-electron chi connectivity index (χ0n) is 12.9. The fraction of sp³-hybridized carbons (Fsp3) is 0.643. The van der Waals surface area contributed by atoms with E-state index in [4.69, 9.17) is 0 Å². The van der Waals surface area contributed by atoms with Crippen LogP contribution >= 0.6 is 0 Å². The van der Waals surface area contributed by atoms with Gasteiger partial charge in [0.05, 0.1) is 4.90 Å². The van der Waals surface area contributed by atoms with Crippen LogP contribution in [0.1, 0.15) is 19.8 Å². The minimum Gasteiger partial charge on any atom is -0.370 e. The molecule has 0 radical (unpaired) electrons. The average Bonchev–Trinajstić information content (AvgIpc) is 2.85. The summed E-state index contributed by atoms with van der Waals surface area (Å²) in [6.45, 7) is 4.22. The van der Waals surface area contributed by atoms with Crippen LogP contribution in [-0.2, 0) is 10.0 Å². The van der Waals surface area contributed by atoms with Gasteiger partial charge < -0.3 is 10.2 Å². The van der Waals surface area contributed by atoms with E-state index in [1.54, 1.807) is 19.2 Å². The van der Waals surface area contributed by atoms with Crippen molar-refractivity contribution >= 4 is 15.8 Å². The molecule has 2 heterocycles. The second-order valence-corrected chi connectivity index (χ2v) is 7.51. The first-order valence-corrected chi connectivity index (χ1v) is 8.75. The summed E-state index contributed by atoms with van der Waals surface area (Å²) in [5, 5.41) is 3.04. The predicted molar refractivity (Wildman–Crippen MR) is 83.9 cm³/mol. The second kappa shape index (κ2) is 6.72. The van der Waals surface area contributed by atoms with Crippen LogP contribution in [0.25, 0.3) is 0 Å². The lowest BCUT2D eigenvalue weighted by molar-refractivity contribution is 0.271. The number of rotatable bonds is 6. The maximum absolute atomic E-state index is 12.6. The van der Waals surface area contributed by atoms with Crippen LogP contribution in [0, 0.1) is 0 Å². The lowest BCUT2D eigenvalue weighted by Crippen LogP contribution is -2.39. The van der Waals surface area contributed by atoms with E-state index in [0.717, 1.165) is 19.4 Å². The van der Waals surface area contributed by atoms with Gasteiger partial charge in [-0.15, -0.1) is 0 Å². The van der Waals surface area contributed by atoms with E-state index in [1.807, 2.05) is 14.0 Å². The van der Waals surface area contributed by atoms with Gasteiger partial charge in [-0.05, 0) is 39.4 Å². The Morgan fingerprint density at radius 2 is 2.29 bits per heavy atom. The maximum atomic E-state index is 12.6. The first-order valence-electron chi connectivity index (χ1n) is 7.31. The number of likely N-dealkylation sites (N-methyl/N-ethyl adjacent to an activating group) is 2. The molecule has 1 fully saturated rings. The van der Waals surface area contributed by atoms with Gasteiger partial charge in [0.2, 0.25) is 10.0 Å². The third-order valence-corrected chi connectivity index (χ3v) is 5.76. The van der Waals surface area contributed by atoms with Gasteiger partial charge in [-0.3, -0.25) is 0 Å². The Morgan fingerprint density at radius 1 is 1.52 bits per heavy atom. The Bertz CT molecular complexity index is 576. The molecule has 1 aromatic heterocycles. The van der Waals surface area contributed by atoms with Crippen molar-refractivity contribution in [3.63, 3.8) is 0 Å². The third kappa shape index (κ3) is 3.72. The minimum absolute atomic E-state index is 0.289. The summed E-state index contributed by atoms with van der Waals surface area (Å²) in [6.07, 6.45) is 3.71. The fourth-order valence-corrected chi connectivity index (χ4v) is 3.86. The van der Waals surface area contributed by atoms with E-state index in [0.29, 0.717) is 24.9 Å². The lowest BCUT2D eigenvalue weighted by atomic mass is 10.2. The highest BCUT2D eigenvalue weighted by atomic mass is 32.2. The summed E-state index contributed by atoms with van der Waals surface area (Å²) in [7, 11) is 0.233. The Morgan fingerprint density at radius 3 is 2.90 bits per heavy atom. The minimum atomic E-state index is -3.46. The number of nitrogens with one attached hydrogen (secondary N) is 1. The molecule has 0 spiro atoms. The molecule has 1 aliphatic heterocycles. The van der Waals surface area contributed by atoms with Gasteiger partial charge in [-0.1, -0.05) is 0 Å². The number of sulfonamides is 1. The van der Waals surface area contributed by atoms with E-state index in [-0.39, 0.29) is 4.90 Å². The van der Waals surface area contributed by atoms with Crippen molar-refractivity contribution in [1.29, 1.82) is 0 Å². The van der Waals surface area contributed by atoms with Crippen molar-refractivity contribution in [2.24, 2.45) is 0 Å². The van der Waals surface area contributed by atoms with Crippen LogP contribution in [0.4, 0.5) is 5.82 Å². The Balaban J connectivity index is 2.14. The van der Waals surface area contributed by atoms with Gasteiger partial charge >= 0.3 is 0 Å². The molecular formula is C14H24N4O2S. The van der Waals surface area contributed by atoms with E-state index < -0.39 is 10.0 Å². The average molecular weight is 312 g/mol. The van der Waals surface area contributed by atoms with Crippen molar-refractivity contribution in [2.75, 3.05) is 39.0 Å². The number of anilines is 1. The van der Waals surface area contributed by atoms with Crippen molar-refractivity contribution in [3.8, 4) is 0 Å². The Labute approximate surface area is 127 Å². The largest absolute Gasteiger partial charge is 0.370 e. The topological polar surface area (TPSA) is 65.5 Å². The molecule has 0 saturated carbocycles. The van der Waals surface area contributed by atoms with Crippen molar-refractivity contribution in [3.05, 3.63) is 18.3 Å². The molecule has 21 heavy (non-hydrogen) atoms. The first-order chi connectivity index (χ1) is 9.95. The predicted octanol–water partition coefficient (Wildman–Crippen LogP) is 1.23. The summed E-state index contributed by atoms with van der Waals surface area (Å²) in [5.74, 6) is 0.588. The summed E-state index contributed by atoms with van der Waals surface area (Å²) in [6, 6.07) is 3.44. The molecule has 0 aliphatic carbocycles. The van der Waals surface area contributed by atoms with Gasteiger partial charge in [0, 0.05) is 38.4 Å². The zero-order chi connectivity index (χ0) is 15.5. The number of pyridine rings is 1. The molecule has 1 atom stereocenters. The molecule has 6 nitrogen and oxygen atoms in total. The molecular weight excluding hydrogens is 288 g/mol. The van der Waals surface area contributed by atoms with Crippen molar-refractivity contribution in [1.82, 2.24) is 14.2 Å². The number of nitrogens with zero attached hydrogens (tertiary/aromatic N) is 3. The zero-order valence-corrected chi connectivity index (χ0v) is 13.7. The normalized spacial score (nSPS) is 20.1. The molecule has 118 valence electrons. The van der Waals surface area contributed by atoms with Crippen LogP contribution in [-0.4, -0.2) is 62.4 Å². The summed E-state index contributed by atoms with van der Waals surface area (Å²) < 4.78 is 26.7. The van der Waals surface area contributed by atoms with Crippen LogP contribution < -0.4 is 5.32 Å². The number of aromatic nitrogens is 1. The maximum Gasteiger partial charge on any atom is 0.243 e. The third-order valence-electron chi connectivity index (χ3n) is 3.94.